The number of rotatable bonds is 2. The van der Waals surface area contributed by atoms with Crippen molar-refractivity contribution in [1.29, 1.82) is 0 Å². The Balaban J connectivity index is 1.94. The number of aliphatic carboxylic acids is 1. The lowest BCUT2D eigenvalue weighted by molar-refractivity contribution is -0.139. The number of allylic oxidation sites excluding steroid dienone is 2. The van der Waals surface area contributed by atoms with E-state index in [1.165, 1.54) is 12.0 Å². The highest BCUT2D eigenvalue weighted by Crippen LogP contribution is 2.50. The van der Waals surface area contributed by atoms with Gasteiger partial charge in [0.1, 0.15) is 0 Å². The molecule has 1 fully saturated rings. The van der Waals surface area contributed by atoms with Crippen LogP contribution in [0, 0.1) is 17.8 Å². The van der Waals surface area contributed by atoms with Crippen LogP contribution in [0.3, 0.4) is 0 Å². The number of carboxylic acids is 1. The number of hydrogen-bond donors (Lipinski definition) is 1. The Morgan fingerprint density at radius 1 is 1.75 bits per heavy atom. The first-order valence-corrected chi connectivity index (χ1v) is 4.56. The van der Waals surface area contributed by atoms with Gasteiger partial charge in [-0.25, -0.2) is 0 Å². The zero-order valence-electron chi connectivity index (χ0n) is 7.29. The molecule has 2 heteroatoms. The molecule has 2 aliphatic carbocycles. The highest BCUT2D eigenvalue weighted by atomic mass is 16.4. The fraction of sp³-hybridized carbons (Fsp3) is 0.700. The summed E-state index contributed by atoms with van der Waals surface area (Å²) in [6, 6.07) is 0. The second kappa shape index (κ2) is 2.61. The molecule has 1 N–H and O–H groups in total. The van der Waals surface area contributed by atoms with Crippen LogP contribution in [0.5, 0.6) is 0 Å². The SMILES string of the molecule is CC1=CC2C(CC(=O)O)CC2C1. The lowest BCUT2D eigenvalue weighted by Crippen LogP contribution is -2.34. The van der Waals surface area contributed by atoms with Crippen LogP contribution in [0.4, 0.5) is 0 Å². The monoisotopic (exact) mass is 166 g/mol. The first kappa shape index (κ1) is 7.84. The maximum atomic E-state index is 10.5. The molecule has 1 saturated carbocycles. The van der Waals surface area contributed by atoms with Gasteiger partial charge in [0, 0.05) is 6.42 Å². The molecule has 0 heterocycles. The Morgan fingerprint density at radius 3 is 3.08 bits per heavy atom. The van der Waals surface area contributed by atoms with E-state index in [-0.39, 0.29) is 0 Å². The van der Waals surface area contributed by atoms with Gasteiger partial charge in [0.05, 0.1) is 0 Å². The Bertz CT molecular complexity index is 242. The van der Waals surface area contributed by atoms with Crippen molar-refractivity contribution in [3.05, 3.63) is 11.6 Å². The lowest BCUT2D eigenvalue weighted by atomic mass is 9.65. The fourth-order valence-electron chi connectivity index (χ4n) is 2.64. The predicted octanol–water partition coefficient (Wildman–Crippen LogP) is 2.06. The summed E-state index contributed by atoms with van der Waals surface area (Å²) in [5.74, 6) is 1.18. The van der Waals surface area contributed by atoms with Gasteiger partial charge < -0.3 is 5.11 Å². The van der Waals surface area contributed by atoms with Crippen LogP contribution in [0.2, 0.25) is 0 Å². The highest BCUT2D eigenvalue weighted by Gasteiger charge is 2.43. The van der Waals surface area contributed by atoms with Crippen molar-refractivity contribution >= 4 is 5.97 Å². The molecule has 2 nitrogen and oxygen atoms in total. The van der Waals surface area contributed by atoms with Crippen molar-refractivity contribution in [1.82, 2.24) is 0 Å². The number of fused-ring (bicyclic) bond motifs is 1. The van der Waals surface area contributed by atoms with Crippen molar-refractivity contribution < 1.29 is 9.90 Å². The maximum absolute atomic E-state index is 10.5. The van der Waals surface area contributed by atoms with Gasteiger partial charge >= 0.3 is 5.97 Å². The van der Waals surface area contributed by atoms with Gasteiger partial charge in [0.25, 0.3) is 0 Å². The van der Waals surface area contributed by atoms with E-state index in [4.69, 9.17) is 5.11 Å². The molecule has 0 aromatic carbocycles. The molecule has 12 heavy (non-hydrogen) atoms. The third-order valence-corrected chi connectivity index (χ3v) is 3.19. The van der Waals surface area contributed by atoms with E-state index in [0.717, 1.165) is 12.3 Å². The summed E-state index contributed by atoms with van der Waals surface area (Å²) in [5.41, 5.74) is 1.46. The normalized spacial score (nSPS) is 38.4. The van der Waals surface area contributed by atoms with Crippen LogP contribution in [0.15, 0.2) is 11.6 Å². The number of carbonyl (C=O) groups is 1. The molecule has 0 saturated heterocycles. The molecule has 2 rings (SSSR count). The van der Waals surface area contributed by atoms with Crippen molar-refractivity contribution in [3.63, 3.8) is 0 Å². The van der Waals surface area contributed by atoms with Gasteiger partial charge in [-0.15, -0.1) is 0 Å². The summed E-state index contributed by atoms with van der Waals surface area (Å²) in [7, 11) is 0. The topological polar surface area (TPSA) is 37.3 Å². The summed E-state index contributed by atoms with van der Waals surface area (Å²) in [6.45, 7) is 2.15. The zero-order chi connectivity index (χ0) is 8.72. The first-order valence-electron chi connectivity index (χ1n) is 4.56. The van der Waals surface area contributed by atoms with E-state index in [2.05, 4.69) is 13.0 Å². The van der Waals surface area contributed by atoms with Gasteiger partial charge in [0.2, 0.25) is 0 Å². The van der Waals surface area contributed by atoms with Gasteiger partial charge in [-0.05, 0) is 37.5 Å². The molecule has 0 aliphatic heterocycles. The molecule has 0 aromatic rings. The second-order valence-electron chi connectivity index (χ2n) is 4.15. The Morgan fingerprint density at radius 2 is 2.50 bits per heavy atom. The summed E-state index contributed by atoms with van der Waals surface area (Å²) >= 11 is 0. The fourth-order valence-corrected chi connectivity index (χ4v) is 2.64. The van der Waals surface area contributed by atoms with Crippen LogP contribution in [-0.4, -0.2) is 11.1 Å². The Hall–Kier alpha value is -0.790. The molecular weight excluding hydrogens is 152 g/mol. The Labute approximate surface area is 72.3 Å². The molecule has 3 atom stereocenters. The third-order valence-electron chi connectivity index (χ3n) is 3.19. The van der Waals surface area contributed by atoms with Crippen molar-refractivity contribution in [2.75, 3.05) is 0 Å². The first-order chi connectivity index (χ1) is 5.66. The van der Waals surface area contributed by atoms with Gasteiger partial charge in [-0.1, -0.05) is 11.6 Å². The average Bonchev–Trinajstić information content (AvgIpc) is 2.24. The van der Waals surface area contributed by atoms with Gasteiger partial charge in [0.15, 0.2) is 0 Å². The average molecular weight is 166 g/mol. The van der Waals surface area contributed by atoms with Crippen LogP contribution in [0.25, 0.3) is 0 Å². The largest absolute Gasteiger partial charge is 0.481 e. The molecule has 0 aromatic heterocycles. The molecule has 0 spiro atoms. The molecule has 0 amide bonds. The van der Waals surface area contributed by atoms with Crippen molar-refractivity contribution in [3.8, 4) is 0 Å². The summed E-state index contributed by atoms with van der Waals surface area (Å²) in [4.78, 5) is 10.5. The third kappa shape index (κ3) is 1.15. The molecule has 0 bridgehead atoms. The minimum absolute atomic E-state index is 0.366. The summed E-state index contributed by atoms with van der Waals surface area (Å²) in [6.07, 6.45) is 4.98. The summed E-state index contributed by atoms with van der Waals surface area (Å²) < 4.78 is 0. The molecule has 0 radical (unpaired) electrons. The van der Waals surface area contributed by atoms with Gasteiger partial charge in [-0.2, -0.15) is 0 Å². The van der Waals surface area contributed by atoms with Crippen molar-refractivity contribution in [2.45, 2.75) is 26.2 Å². The van der Waals surface area contributed by atoms with Crippen LogP contribution in [-0.2, 0) is 4.79 Å². The molecule has 2 aliphatic rings. The van der Waals surface area contributed by atoms with E-state index in [1.54, 1.807) is 0 Å². The van der Waals surface area contributed by atoms with E-state index < -0.39 is 5.97 Å². The van der Waals surface area contributed by atoms with Crippen LogP contribution < -0.4 is 0 Å². The minimum atomic E-state index is -0.642. The zero-order valence-corrected chi connectivity index (χ0v) is 7.29. The predicted molar refractivity (Wildman–Crippen MR) is 45.7 cm³/mol. The molecular formula is C10H14O2. The van der Waals surface area contributed by atoms with E-state index in [0.29, 0.717) is 18.3 Å². The number of carboxylic acid groups (broad SMARTS) is 1. The second-order valence-corrected chi connectivity index (χ2v) is 4.15. The minimum Gasteiger partial charge on any atom is -0.481 e. The molecule has 66 valence electrons. The van der Waals surface area contributed by atoms with E-state index >= 15 is 0 Å². The lowest BCUT2D eigenvalue weighted by Gasteiger charge is -2.39. The van der Waals surface area contributed by atoms with Crippen LogP contribution >= 0.6 is 0 Å². The summed E-state index contributed by atoms with van der Waals surface area (Å²) in [5, 5.41) is 8.61. The molecule has 3 unspecified atom stereocenters. The van der Waals surface area contributed by atoms with Crippen molar-refractivity contribution in [2.24, 2.45) is 17.8 Å². The van der Waals surface area contributed by atoms with E-state index in [9.17, 15) is 4.79 Å². The van der Waals surface area contributed by atoms with E-state index in [1.807, 2.05) is 0 Å². The smallest absolute Gasteiger partial charge is 0.303 e. The standard InChI is InChI=1S/C10H14O2/c1-6-2-7-4-8(5-10(11)12)9(7)3-6/h3,7-9H,2,4-5H2,1H3,(H,11,12). The highest BCUT2D eigenvalue weighted by molar-refractivity contribution is 5.67. The number of hydrogen-bond acceptors (Lipinski definition) is 1. The Kier molecular flexibility index (Phi) is 1.71. The van der Waals surface area contributed by atoms with Crippen LogP contribution in [0.1, 0.15) is 26.2 Å². The maximum Gasteiger partial charge on any atom is 0.303 e. The van der Waals surface area contributed by atoms with Gasteiger partial charge in [-0.3, -0.25) is 4.79 Å². The quantitative estimate of drug-likeness (QED) is 0.637.